The van der Waals surface area contributed by atoms with E-state index in [0.717, 1.165) is 12.3 Å². The summed E-state index contributed by atoms with van der Waals surface area (Å²) in [6.07, 6.45) is 3.34. The van der Waals surface area contributed by atoms with Gasteiger partial charge in [-0.2, -0.15) is 0 Å². The lowest BCUT2D eigenvalue weighted by atomic mass is 10.1. The molecule has 1 aromatic carbocycles. The van der Waals surface area contributed by atoms with E-state index in [1.807, 2.05) is 0 Å². The zero-order valence-corrected chi connectivity index (χ0v) is 14.2. The maximum Gasteiger partial charge on any atom is 0.254 e. The van der Waals surface area contributed by atoms with Gasteiger partial charge in [-0.05, 0) is 49.4 Å². The van der Waals surface area contributed by atoms with Crippen LogP contribution in [-0.4, -0.2) is 55.1 Å². The lowest BCUT2D eigenvalue weighted by molar-refractivity contribution is -0.117. The van der Waals surface area contributed by atoms with Gasteiger partial charge in [0.05, 0.1) is 13.2 Å². The monoisotopic (exact) mass is 344 g/mol. The first-order chi connectivity index (χ1) is 12.2. The minimum Gasteiger partial charge on any atom is -0.378 e. The average molecular weight is 344 g/mol. The fourth-order valence-electron chi connectivity index (χ4n) is 3.44. The minimum absolute atomic E-state index is 0.00936. The molecule has 2 aliphatic heterocycles. The third-order valence-electron chi connectivity index (χ3n) is 5.14. The number of nitrogens with one attached hydrogen (secondary N) is 3. The van der Waals surface area contributed by atoms with Crippen molar-refractivity contribution in [3.05, 3.63) is 29.8 Å². The van der Waals surface area contributed by atoms with Crippen LogP contribution in [0, 0.1) is 5.92 Å². The molecule has 0 spiro atoms. The van der Waals surface area contributed by atoms with Crippen LogP contribution in [0.15, 0.2) is 24.3 Å². The fourth-order valence-corrected chi connectivity index (χ4v) is 3.44. The number of anilines is 1. The molecular weight excluding hydrogens is 320 g/mol. The standard InChI is InChI=1S/C18H24N4O3/c23-17(16-11-15(20-21-16)12-1-2-12)19-14-5-3-13(4-6-14)18(24)22-7-9-25-10-8-22/h3-6,12,15-16,20-21H,1-2,7-11H2,(H,19,23). The van der Waals surface area contributed by atoms with Crippen LogP contribution in [0.4, 0.5) is 5.69 Å². The highest BCUT2D eigenvalue weighted by Gasteiger charge is 2.38. The van der Waals surface area contributed by atoms with Crippen LogP contribution in [0.5, 0.6) is 0 Å². The van der Waals surface area contributed by atoms with E-state index in [4.69, 9.17) is 4.74 Å². The lowest BCUT2D eigenvalue weighted by Gasteiger charge is -2.26. The van der Waals surface area contributed by atoms with E-state index in [1.54, 1.807) is 29.2 Å². The number of hydrogen-bond donors (Lipinski definition) is 3. The molecule has 2 amide bonds. The zero-order chi connectivity index (χ0) is 17.2. The summed E-state index contributed by atoms with van der Waals surface area (Å²) >= 11 is 0. The Morgan fingerprint density at radius 2 is 1.80 bits per heavy atom. The molecule has 3 aliphatic rings. The second kappa shape index (κ2) is 7.11. The topological polar surface area (TPSA) is 82.7 Å². The Kier molecular flexibility index (Phi) is 4.70. The van der Waals surface area contributed by atoms with Gasteiger partial charge in [-0.15, -0.1) is 0 Å². The van der Waals surface area contributed by atoms with E-state index in [0.29, 0.717) is 43.6 Å². The summed E-state index contributed by atoms with van der Waals surface area (Å²) in [6.45, 7) is 2.42. The predicted octanol–water partition coefficient (Wildman–Crippen LogP) is 0.743. The summed E-state index contributed by atoms with van der Waals surface area (Å²) < 4.78 is 5.27. The summed E-state index contributed by atoms with van der Waals surface area (Å²) in [4.78, 5) is 26.6. The summed E-state index contributed by atoms with van der Waals surface area (Å²) in [5.74, 6) is 0.689. The number of hydrazine groups is 1. The number of benzene rings is 1. The van der Waals surface area contributed by atoms with Gasteiger partial charge >= 0.3 is 0 Å². The Balaban J connectivity index is 1.32. The Hall–Kier alpha value is -1.96. The van der Waals surface area contributed by atoms with Gasteiger partial charge in [-0.1, -0.05) is 0 Å². The van der Waals surface area contributed by atoms with E-state index in [-0.39, 0.29) is 17.9 Å². The molecule has 4 rings (SSSR count). The van der Waals surface area contributed by atoms with Gasteiger partial charge in [0.1, 0.15) is 6.04 Å². The summed E-state index contributed by atoms with van der Waals surface area (Å²) in [7, 11) is 0. The molecule has 3 N–H and O–H groups in total. The molecule has 0 radical (unpaired) electrons. The van der Waals surface area contributed by atoms with Gasteiger partial charge in [0.2, 0.25) is 5.91 Å². The molecule has 2 unspecified atom stereocenters. The predicted molar refractivity (Wildman–Crippen MR) is 93.0 cm³/mol. The molecule has 3 fully saturated rings. The molecule has 1 aromatic rings. The highest BCUT2D eigenvalue weighted by Crippen LogP contribution is 2.35. The van der Waals surface area contributed by atoms with Crippen LogP contribution < -0.4 is 16.2 Å². The normalized spacial score (nSPS) is 26.5. The molecule has 1 saturated carbocycles. The molecule has 0 bridgehead atoms. The van der Waals surface area contributed by atoms with Gasteiger partial charge in [-0.3, -0.25) is 15.0 Å². The number of ether oxygens (including phenoxy) is 1. The fraction of sp³-hybridized carbons (Fsp3) is 0.556. The van der Waals surface area contributed by atoms with E-state index in [1.165, 1.54) is 12.8 Å². The highest BCUT2D eigenvalue weighted by atomic mass is 16.5. The largest absolute Gasteiger partial charge is 0.378 e. The maximum atomic E-state index is 12.4. The van der Waals surface area contributed by atoms with Gasteiger partial charge < -0.3 is 15.0 Å². The lowest BCUT2D eigenvalue weighted by Crippen LogP contribution is -2.40. The Morgan fingerprint density at radius 3 is 2.48 bits per heavy atom. The van der Waals surface area contributed by atoms with Gasteiger partial charge in [-0.25, -0.2) is 5.43 Å². The van der Waals surface area contributed by atoms with Crippen molar-refractivity contribution in [2.75, 3.05) is 31.6 Å². The van der Waals surface area contributed by atoms with Crippen molar-refractivity contribution in [3.8, 4) is 0 Å². The zero-order valence-electron chi connectivity index (χ0n) is 14.2. The first kappa shape index (κ1) is 16.5. The molecule has 2 saturated heterocycles. The second-order valence-corrected chi connectivity index (χ2v) is 6.99. The second-order valence-electron chi connectivity index (χ2n) is 6.99. The summed E-state index contributed by atoms with van der Waals surface area (Å²) in [5, 5.41) is 2.92. The molecule has 2 atom stereocenters. The quantitative estimate of drug-likeness (QED) is 0.751. The number of rotatable bonds is 4. The smallest absolute Gasteiger partial charge is 0.254 e. The van der Waals surface area contributed by atoms with Gasteiger partial charge in [0, 0.05) is 30.4 Å². The van der Waals surface area contributed by atoms with E-state index >= 15 is 0 Å². The number of morpholine rings is 1. The number of hydrogen-bond acceptors (Lipinski definition) is 5. The molecule has 2 heterocycles. The highest BCUT2D eigenvalue weighted by molar-refractivity contribution is 5.97. The molecular formula is C18H24N4O3. The van der Waals surface area contributed by atoms with E-state index in [2.05, 4.69) is 16.2 Å². The van der Waals surface area contributed by atoms with Gasteiger partial charge in [0.15, 0.2) is 0 Å². The molecule has 134 valence electrons. The third kappa shape index (κ3) is 3.84. The number of carbonyl (C=O) groups is 2. The summed E-state index contributed by atoms with van der Waals surface area (Å²) in [5.41, 5.74) is 7.65. The van der Waals surface area contributed by atoms with Gasteiger partial charge in [0.25, 0.3) is 5.91 Å². The third-order valence-corrected chi connectivity index (χ3v) is 5.14. The van der Waals surface area contributed by atoms with Crippen LogP contribution in [0.25, 0.3) is 0 Å². The number of carbonyl (C=O) groups excluding carboxylic acids is 2. The van der Waals surface area contributed by atoms with Crippen molar-refractivity contribution in [3.63, 3.8) is 0 Å². The average Bonchev–Trinajstić information content (AvgIpc) is 3.39. The van der Waals surface area contributed by atoms with Crippen molar-refractivity contribution in [2.45, 2.75) is 31.3 Å². The molecule has 7 nitrogen and oxygen atoms in total. The van der Waals surface area contributed by atoms with E-state index in [9.17, 15) is 9.59 Å². The number of amides is 2. The van der Waals surface area contributed by atoms with E-state index < -0.39 is 0 Å². The van der Waals surface area contributed by atoms with Crippen LogP contribution in [0.3, 0.4) is 0 Å². The first-order valence-electron chi connectivity index (χ1n) is 9.00. The van der Waals surface area contributed by atoms with Crippen LogP contribution in [-0.2, 0) is 9.53 Å². The van der Waals surface area contributed by atoms with Crippen molar-refractivity contribution in [1.82, 2.24) is 15.8 Å². The maximum absolute atomic E-state index is 12.4. The molecule has 7 heteroatoms. The van der Waals surface area contributed by atoms with Crippen molar-refractivity contribution in [1.29, 1.82) is 0 Å². The summed E-state index contributed by atoms with van der Waals surface area (Å²) in [6, 6.07) is 7.30. The van der Waals surface area contributed by atoms with Crippen LogP contribution in [0.1, 0.15) is 29.6 Å². The van der Waals surface area contributed by atoms with Crippen molar-refractivity contribution >= 4 is 17.5 Å². The van der Waals surface area contributed by atoms with Crippen LogP contribution in [0.2, 0.25) is 0 Å². The van der Waals surface area contributed by atoms with Crippen molar-refractivity contribution in [2.24, 2.45) is 5.92 Å². The number of nitrogens with zero attached hydrogens (tertiary/aromatic N) is 1. The Morgan fingerprint density at radius 1 is 1.08 bits per heavy atom. The minimum atomic E-state index is -0.208. The molecule has 0 aromatic heterocycles. The van der Waals surface area contributed by atoms with Crippen LogP contribution >= 0.6 is 0 Å². The Labute approximate surface area is 147 Å². The SMILES string of the molecule is O=C(Nc1ccc(C(=O)N2CCOCC2)cc1)C1CC(C2CC2)NN1. The molecule has 1 aliphatic carbocycles. The molecule has 25 heavy (non-hydrogen) atoms. The van der Waals surface area contributed by atoms with Crippen molar-refractivity contribution < 1.29 is 14.3 Å². The first-order valence-corrected chi connectivity index (χ1v) is 9.00. The Bertz CT molecular complexity index is 638.